The van der Waals surface area contributed by atoms with Crippen LogP contribution in [0.15, 0.2) is 78.9 Å². The molecule has 4 aromatic rings. The van der Waals surface area contributed by atoms with Gasteiger partial charge in [-0.2, -0.15) is 0 Å². The molecular formula is C25H25N. The van der Waals surface area contributed by atoms with Gasteiger partial charge in [0.2, 0.25) is 0 Å². The number of rotatable bonds is 5. The molecule has 0 radical (unpaired) electrons. The van der Waals surface area contributed by atoms with E-state index in [4.69, 9.17) is 0 Å². The zero-order valence-corrected chi connectivity index (χ0v) is 15.6. The van der Waals surface area contributed by atoms with Crippen molar-refractivity contribution in [3.05, 3.63) is 90.0 Å². The molecule has 130 valence electrons. The maximum atomic E-state index is 2.31. The number of aryl methyl sites for hydroxylation is 2. The molecule has 0 heterocycles. The van der Waals surface area contributed by atoms with Gasteiger partial charge in [0.1, 0.15) is 0 Å². The topological polar surface area (TPSA) is 3.24 Å². The van der Waals surface area contributed by atoms with Crippen molar-refractivity contribution in [1.82, 2.24) is 0 Å². The van der Waals surface area contributed by atoms with E-state index in [1.54, 1.807) is 0 Å². The molecule has 0 saturated heterocycles. The Morgan fingerprint density at radius 2 is 1.23 bits per heavy atom. The fourth-order valence-electron chi connectivity index (χ4n) is 3.81. The van der Waals surface area contributed by atoms with Crippen molar-refractivity contribution in [2.45, 2.75) is 19.3 Å². The summed E-state index contributed by atoms with van der Waals surface area (Å²) in [6, 6.07) is 28.8. The van der Waals surface area contributed by atoms with E-state index >= 15 is 0 Å². The lowest BCUT2D eigenvalue weighted by Gasteiger charge is -2.13. The number of fused-ring (bicyclic) bond motifs is 2. The van der Waals surface area contributed by atoms with Crippen molar-refractivity contribution in [2.75, 3.05) is 19.0 Å². The predicted octanol–water partition coefficient (Wildman–Crippen LogP) is 6.23. The summed E-state index contributed by atoms with van der Waals surface area (Å²) >= 11 is 0. The fourth-order valence-corrected chi connectivity index (χ4v) is 3.81. The first-order valence-electron chi connectivity index (χ1n) is 9.38. The van der Waals surface area contributed by atoms with E-state index in [0.29, 0.717) is 0 Å². The van der Waals surface area contributed by atoms with Gasteiger partial charge in [0, 0.05) is 19.8 Å². The van der Waals surface area contributed by atoms with Crippen molar-refractivity contribution in [3.63, 3.8) is 0 Å². The van der Waals surface area contributed by atoms with E-state index in [0.717, 1.165) is 12.8 Å². The van der Waals surface area contributed by atoms with Gasteiger partial charge in [0.25, 0.3) is 0 Å². The third-order valence-electron chi connectivity index (χ3n) is 5.23. The Labute approximate surface area is 155 Å². The molecule has 26 heavy (non-hydrogen) atoms. The molecule has 0 saturated carbocycles. The van der Waals surface area contributed by atoms with Crippen LogP contribution in [0.5, 0.6) is 0 Å². The molecule has 4 rings (SSSR count). The zero-order valence-electron chi connectivity index (χ0n) is 15.6. The smallest absolute Gasteiger partial charge is 0.0361 e. The Bertz CT molecular complexity index is 975. The van der Waals surface area contributed by atoms with Crippen molar-refractivity contribution in [1.29, 1.82) is 0 Å². The summed E-state index contributed by atoms with van der Waals surface area (Å²) in [7, 11) is 4.17. The van der Waals surface area contributed by atoms with Crippen LogP contribution in [0.3, 0.4) is 0 Å². The molecule has 0 fully saturated rings. The van der Waals surface area contributed by atoms with Gasteiger partial charge < -0.3 is 4.90 Å². The Kier molecular flexibility index (Phi) is 4.62. The van der Waals surface area contributed by atoms with Crippen LogP contribution in [0.25, 0.3) is 21.5 Å². The average Bonchev–Trinajstić information content (AvgIpc) is 2.68. The van der Waals surface area contributed by atoms with Crippen LogP contribution < -0.4 is 4.90 Å². The summed E-state index contributed by atoms with van der Waals surface area (Å²) in [5.41, 5.74) is 4.16. The van der Waals surface area contributed by atoms with Gasteiger partial charge in [-0.05, 0) is 70.1 Å². The first-order valence-corrected chi connectivity index (χ1v) is 9.38. The van der Waals surface area contributed by atoms with Crippen molar-refractivity contribution >= 4 is 27.2 Å². The minimum atomic E-state index is 1.11. The average molecular weight is 339 g/mol. The minimum Gasteiger partial charge on any atom is -0.378 e. The maximum Gasteiger partial charge on any atom is 0.0361 e. The summed E-state index contributed by atoms with van der Waals surface area (Å²) in [5, 5.41) is 5.48. The van der Waals surface area contributed by atoms with Crippen LogP contribution in [-0.4, -0.2) is 14.1 Å². The highest BCUT2D eigenvalue weighted by atomic mass is 15.1. The Hall–Kier alpha value is -2.80. The normalized spacial score (nSPS) is 11.2. The van der Waals surface area contributed by atoms with Crippen molar-refractivity contribution in [3.8, 4) is 0 Å². The minimum absolute atomic E-state index is 1.11. The lowest BCUT2D eigenvalue weighted by molar-refractivity contribution is 0.829. The summed E-state index contributed by atoms with van der Waals surface area (Å²) < 4.78 is 0. The lowest BCUT2D eigenvalue weighted by atomic mass is 9.93. The van der Waals surface area contributed by atoms with Crippen LogP contribution in [-0.2, 0) is 12.8 Å². The second kappa shape index (κ2) is 7.21. The van der Waals surface area contributed by atoms with Gasteiger partial charge in [-0.3, -0.25) is 0 Å². The van der Waals surface area contributed by atoms with Gasteiger partial charge in [-0.1, -0.05) is 60.7 Å². The highest BCUT2D eigenvalue weighted by Crippen LogP contribution is 2.29. The molecule has 0 bridgehead atoms. The third-order valence-corrected chi connectivity index (χ3v) is 5.23. The molecule has 0 unspecified atom stereocenters. The highest BCUT2D eigenvalue weighted by Gasteiger charge is 2.07. The molecule has 0 aliphatic heterocycles. The molecule has 0 aliphatic rings. The molecule has 0 N–H and O–H groups in total. The predicted molar refractivity (Wildman–Crippen MR) is 114 cm³/mol. The van der Waals surface area contributed by atoms with Gasteiger partial charge in [0.05, 0.1) is 0 Å². The fraction of sp³-hybridized carbons (Fsp3) is 0.200. The lowest BCUT2D eigenvalue weighted by Crippen LogP contribution is -2.08. The van der Waals surface area contributed by atoms with Crippen LogP contribution in [0.4, 0.5) is 5.69 Å². The summed E-state index contributed by atoms with van der Waals surface area (Å²) in [6.07, 6.45) is 3.39. The number of nitrogens with zero attached hydrogens (tertiary/aromatic N) is 1. The van der Waals surface area contributed by atoms with Crippen LogP contribution in [0.1, 0.15) is 17.5 Å². The van der Waals surface area contributed by atoms with E-state index in [2.05, 4.69) is 97.9 Å². The molecule has 4 aromatic carbocycles. The quantitative estimate of drug-likeness (QED) is 0.389. The monoisotopic (exact) mass is 339 g/mol. The first-order chi connectivity index (χ1) is 12.7. The first kappa shape index (κ1) is 16.7. The molecular weight excluding hydrogens is 314 g/mol. The molecule has 0 atom stereocenters. The Balaban J connectivity index is 1.59. The molecule has 0 amide bonds. The second-order valence-corrected chi connectivity index (χ2v) is 7.21. The molecule has 0 aromatic heterocycles. The SMILES string of the molecule is CN(C)c1ccc(CCCc2c3ccccc3cc3ccccc23)cc1. The standard InChI is InChI=1S/C25H25N/c1-26(2)22-16-14-19(15-17-22)8-7-13-25-23-11-5-3-9-20(23)18-21-10-4-6-12-24(21)25/h3-6,9-12,14-18H,7-8,13H2,1-2H3. The van der Waals surface area contributed by atoms with Gasteiger partial charge in [-0.25, -0.2) is 0 Å². The summed E-state index contributed by atoms with van der Waals surface area (Å²) in [4.78, 5) is 2.14. The molecule has 0 aliphatic carbocycles. The number of anilines is 1. The number of hydrogen-bond acceptors (Lipinski definition) is 1. The summed E-state index contributed by atoms with van der Waals surface area (Å²) in [5.74, 6) is 0. The Morgan fingerprint density at radius 1 is 0.654 bits per heavy atom. The number of hydrogen-bond donors (Lipinski definition) is 0. The number of benzene rings is 4. The Morgan fingerprint density at radius 3 is 1.81 bits per heavy atom. The van der Waals surface area contributed by atoms with Crippen LogP contribution in [0.2, 0.25) is 0 Å². The second-order valence-electron chi connectivity index (χ2n) is 7.21. The van der Waals surface area contributed by atoms with Gasteiger partial charge in [-0.15, -0.1) is 0 Å². The summed E-state index contributed by atoms with van der Waals surface area (Å²) in [6.45, 7) is 0. The highest BCUT2D eigenvalue weighted by molar-refractivity contribution is 6.02. The largest absolute Gasteiger partial charge is 0.378 e. The van der Waals surface area contributed by atoms with Crippen molar-refractivity contribution in [2.24, 2.45) is 0 Å². The van der Waals surface area contributed by atoms with Crippen molar-refractivity contribution < 1.29 is 0 Å². The van der Waals surface area contributed by atoms with Crippen LogP contribution in [0, 0.1) is 0 Å². The van der Waals surface area contributed by atoms with E-state index in [-0.39, 0.29) is 0 Å². The van der Waals surface area contributed by atoms with Gasteiger partial charge >= 0.3 is 0 Å². The van der Waals surface area contributed by atoms with Gasteiger partial charge in [0.15, 0.2) is 0 Å². The van der Waals surface area contributed by atoms with E-state index in [1.165, 1.54) is 44.8 Å². The maximum absolute atomic E-state index is 2.31. The third kappa shape index (κ3) is 3.30. The molecule has 1 nitrogen and oxygen atoms in total. The zero-order chi connectivity index (χ0) is 17.9. The van der Waals surface area contributed by atoms with E-state index in [1.807, 2.05) is 0 Å². The van der Waals surface area contributed by atoms with E-state index in [9.17, 15) is 0 Å². The van der Waals surface area contributed by atoms with E-state index < -0.39 is 0 Å². The van der Waals surface area contributed by atoms with Crippen LogP contribution >= 0.6 is 0 Å². The molecule has 0 spiro atoms. The molecule has 1 heteroatoms.